The zero-order valence-electron chi connectivity index (χ0n) is 11.8. The smallest absolute Gasteiger partial charge is 0.299 e. The van der Waals surface area contributed by atoms with Crippen molar-refractivity contribution >= 4 is 11.6 Å². The fourth-order valence-electron chi connectivity index (χ4n) is 1.99. The van der Waals surface area contributed by atoms with Crippen molar-refractivity contribution in [1.82, 2.24) is 0 Å². The first kappa shape index (κ1) is 19.9. The Kier molecular flexibility index (Phi) is 7.39. The fraction of sp³-hybridized carbons (Fsp3) is 0.846. The number of hydrogen-bond donors (Lipinski definition) is 0. The minimum atomic E-state index is -4.55. The maximum atomic E-state index is 12.3. The van der Waals surface area contributed by atoms with Crippen LogP contribution < -0.4 is 0 Å². The first-order valence-electron chi connectivity index (χ1n) is 6.58. The SMILES string of the molecule is CCC(CC(F)(F)F)C(=O)CC(=O)C(CC)CC(F)(F)F. The lowest BCUT2D eigenvalue weighted by atomic mass is 9.88. The van der Waals surface area contributed by atoms with Crippen LogP contribution in [0.1, 0.15) is 46.0 Å². The molecule has 2 atom stereocenters. The predicted molar refractivity (Wildman–Crippen MR) is 63.5 cm³/mol. The lowest BCUT2D eigenvalue weighted by molar-refractivity contribution is -0.158. The highest BCUT2D eigenvalue weighted by Gasteiger charge is 2.37. The first-order valence-corrected chi connectivity index (χ1v) is 6.58. The van der Waals surface area contributed by atoms with E-state index in [4.69, 9.17) is 0 Å². The van der Waals surface area contributed by atoms with E-state index in [1.165, 1.54) is 13.8 Å². The van der Waals surface area contributed by atoms with Gasteiger partial charge in [-0.05, 0) is 12.8 Å². The van der Waals surface area contributed by atoms with Crippen molar-refractivity contribution in [2.24, 2.45) is 11.8 Å². The minimum absolute atomic E-state index is 0.109. The van der Waals surface area contributed by atoms with Crippen LogP contribution in [-0.2, 0) is 9.59 Å². The van der Waals surface area contributed by atoms with Gasteiger partial charge in [-0.1, -0.05) is 13.8 Å². The molecule has 21 heavy (non-hydrogen) atoms. The topological polar surface area (TPSA) is 34.1 Å². The van der Waals surface area contributed by atoms with E-state index in [1.807, 2.05) is 0 Å². The van der Waals surface area contributed by atoms with Crippen molar-refractivity contribution in [1.29, 1.82) is 0 Å². The van der Waals surface area contributed by atoms with Crippen molar-refractivity contribution in [3.8, 4) is 0 Å². The Bertz CT molecular complexity index is 325. The summed E-state index contributed by atoms with van der Waals surface area (Å²) in [7, 11) is 0. The molecule has 0 N–H and O–H groups in total. The van der Waals surface area contributed by atoms with Gasteiger partial charge in [0.05, 0.1) is 19.3 Å². The molecule has 0 aromatic carbocycles. The highest BCUT2D eigenvalue weighted by molar-refractivity contribution is 6.01. The second-order valence-electron chi connectivity index (χ2n) is 4.96. The normalized spacial score (nSPS) is 15.6. The van der Waals surface area contributed by atoms with Crippen molar-refractivity contribution in [2.45, 2.75) is 58.3 Å². The average molecular weight is 320 g/mol. The van der Waals surface area contributed by atoms with E-state index in [9.17, 15) is 35.9 Å². The number of carbonyl (C=O) groups excluding carboxylic acids is 2. The van der Waals surface area contributed by atoms with Gasteiger partial charge in [-0.25, -0.2) is 0 Å². The van der Waals surface area contributed by atoms with Gasteiger partial charge in [-0.3, -0.25) is 9.59 Å². The third-order valence-corrected chi connectivity index (χ3v) is 3.20. The van der Waals surface area contributed by atoms with Crippen LogP contribution in [0.2, 0.25) is 0 Å². The second-order valence-corrected chi connectivity index (χ2v) is 4.96. The molecular weight excluding hydrogens is 302 g/mol. The van der Waals surface area contributed by atoms with E-state index in [2.05, 4.69) is 0 Å². The van der Waals surface area contributed by atoms with E-state index < -0.39 is 55.0 Å². The van der Waals surface area contributed by atoms with E-state index in [-0.39, 0.29) is 12.8 Å². The standard InChI is InChI=1S/C13H18F6O2/c1-3-8(6-12(14,15)16)10(20)5-11(21)9(4-2)7-13(17,18)19/h8-9H,3-7H2,1-2H3. The molecule has 0 aliphatic rings. The number of alkyl halides is 6. The van der Waals surface area contributed by atoms with Crippen molar-refractivity contribution in [3.63, 3.8) is 0 Å². The predicted octanol–water partition coefficient (Wildman–Crippen LogP) is 4.47. The Morgan fingerprint density at radius 1 is 0.762 bits per heavy atom. The number of hydrogen-bond acceptors (Lipinski definition) is 2. The zero-order valence-corrected chi connectivity index (χ0v) is 11.8. The number of carbonyl (C=O) groups is 2. The number of Topliss-reactive ketones (excluding diaryl/α,β-unsaturated/α-hetero) is 2. The highest BCUT2D eigenvalue weighted by atomic mass is 19.4. The third kappa shape index (κ3) is 8.72. The molecule has 0 spiro atoms. The lowest BCUT2D eigenvalue weighted by Crippen LogP contribution is -2.28. The summed E-state index contributed by atoms with van der Waals surface area (Å²) in [6.07, 6.45) is -12.9. The molecule has 0 aliphatic heterocycles. The van der Waals surface area contributed by atoms with Crippen LogP contribution in [0, 0.1) is 11.8 Å². The fourth-order valence-corrected chi connectivity index (χ4v) is 1.99. The summed E-state index contributed by atoms with van der Waals surface area (Å²) in [5.74, 6) is -4.64. The van der Waals surface area contributed by atoms with Crippen molar-refractivity contribution in [2.75, 3.05) is 0 Å². The molecule has 0 heterocycles. The van der Waals surface area contributed by atoms with Gasteiger partial charge in [0, 0.05) is 11.8 Å². The lowest BCUT2D eigenvalue weighted by Gasteiger charge is -2.18. The Balaban J connectivity index is 4.69. The third-order valence-electron chi connectivity index (χ3n) is 3.20. The molecule has 0 aromatic heterocycles. The van der Waals surface area contributed by atoms with Gasteiger partial charge in [0.25, 0.3) is 0 Å². The molecule has 0 saturated carbocycles. The van der Waals surface area contributed by atoms with Gasteiger partial charge in [0.1, 0.15) is 11.6 Å². The van der Waals surface area contributed by atoms with Gasteiger partial charge in [0.2, 0.25) is 0 Å². The molecule has 0 saturated heterocycles. The van der Waals surface area contributed by atoms with Gasteiger partial charge in [-0.2, -0.15) is 26.3 Å². The molecule has 0 bridgehead atoms. The van der Waals surface area contributed by atoms with Gasteiger partial charge < -0.3 is 0 Å². The monoisotopic (exact) mass is 320 g/mol. The summed E-state index contributed by atoms with van der Waals surface area (Å²) in [6.45, 7) is 2.73. The quantitative estimate of drug-likeness (QED) is 0.488. The van der Waals surface area contributed by atoms with Crippen LogP contribution in [-0.4, -0.2) is 23.9 Å². The molecule has 0 radical (unpaired) electrons. The molecule has 124 valence electrons. The van der Waals surface area contributed by atoms with Gasteiger partial charge in [0.15, 0.2) is 0 Å². The van der Waals surface area contributed by atoms with Crippen molar-refractivity contribution in [3.05, 3.63) is 0 Å². The summed E-state index contributed by atoms with van der Waals surface area (Å²) < 4.78 is 73.5. The largest absolute Gasteiger partial charge is 0.389 e. The second kappa shape index (κ2) is 7.79. The van der Waals surface area contributed by atoms with E-state index in [1.54, 1.807) is 0 Å². The van der Waals surface area contributed by atoms with Crippen LogP contribution in [0.15, 0.2) is 0 Å². The number of rotatable bonds is 8. The summed E-state index contributed by atoms with van der Waals surface area (Å²) >= 11 is 0. The number of halogens is 6. The van der Waals surface area contributed by atoms with Crippen LogP contribution in [0.3, 0.4) is 0 Å². The highest BCUT2D eigenvalue weighted by Crippen LogP contribution is 2.30. The molecule has 0 aromatic rings. The molecule has 0 amide bonds. The minimum Gasteiger partial charge on any atom is -0.299 e. The molecule has 8 heteroatoms. The maximum Gasteiger partial charge on any atom is 0.389 e. The summed E-state index contributed by atoms with van der Waals surface area (Å²) in [5, 5.41) is 0. The van der Waals surface area contributed by atoms with Crippen molar-refractivity contribution < 1.29 is 35.9 Å². The summed E-state index contributed by atoms with van der Waals surface area (Å²) in [5.41, 5.74) is 0. The molecular formula is C13H18F6O2. The Labute approximate surface area is 118 Å². The molecule has 0 fully saturated rings. The zero-order chi connectivity index (χ0) is 16.8. The summed E-state index contributed by atoms with van der Waals surface area (Å²) in [4.78, 5) is 23.3. The van der Waals surface area contributed by atoms with Gasteiger partial charge in [-0.15, -0.1) is 0 Å². The Morgan fingerprint density at radius 3 is 1.24 bits per heavy atom. The molecule has 0 rings (SSSR count). The van der Waals surface area contributed by atoms with E-state index >= 15 is 0 Å². The summed E-state index contributed by atoms with van der Waals surface area (Å²) in [6, 6.07) is 0. The Hall–Kier alpha value is -1.08. The number of ketones is 2. The van der Waals surface area contributed by atoms with Gasteiger partial charge >= 0.3 is 12.4 Å². The van der Waals surface area contributed by atoms with Crippen LogP contribution in [0.4, 0.5) is 26.3 Å². The maximum absolute atomic E-state index is 12.3. The van der Waals surface area contributed by atoms with Crippen LogP contribution >= 0.6 is 0 Å². The van der Waals surface area contributed by atoms with E-state index in [0.29, 0.717) is 0 Å². The first-order chi connectivity index (χ1) is 9.39. The Morgan fingerprint density at radius 2 is 1.05 bits per heavy atom. The molecule has 0 aliphatic carbocycles. The molecule has 2 nitrogen and oxygen atoms in total. The van der Waals surface area contributed by atoms with E-state index in [0.717, 1.165) is 0 Å². The molecule has 2 unspecified atom stereocenters. The average Bonchev–Trinajstić information content (AvgIpc) is 2.30. The van der Waals surface area contributed by atoms with Crippen LogP contribution in [0.5, 0.6) is 0 Å². The van der Waals surface area contributed by atoms with Crippen LogP contribution in [0.25, 0.3) is 0 Å².